The fraction of sp³-hybridized carbons (Fsp3) is 0.571. The van der Waals surface area contributed by atoms with Crippen molar-refractivity contribution in [2.75, 3.05) is 0 Å². The molecule has 0 saturated carbocycles. The highest BCUT2D eigenvalue weighted by Gasteiger charge is 2.20. The highest BCUT2D eigenvalue weighted by atomic mass is 16.3. The first-order valence-corrected chi connectivity index (χ1v) is 3.46. The van der Waals surface area contributed by atoms with Gasteiger partial charge in [-0.3, -0.25) is 0 Å². The number of fused-ring (bicyclic) bond motifs is 1. The maximum atomic E-state index is 9.22. The van der Waals surface area contributed by atoms with Crippen LogP contribution in [0.3, 0.4) is 0 Å². The molecule has 0 bridgehead atoms. The van der Waals surface area contributed by atoms with Crippen molar-refractivity contribution < 1.29 is 5.11 Å². The minimum absolute atomic E-state index is 0.184. The van der Waals surface area contributed by atoms with Crippen molar-refractivity contribution in [2.24, 2.45) is 0 Å². The molecule has 0 aromatic carbocycles. The monoisotopic (exact) mass is 138 g/mol. The van der Waals surface area contributed by atoms with Gasteiger partial charge in [-0.2, -0.15) is 0 Å². The number of hydrogen-bond donors (Lipinski definition) is 1. The molecule has 1 unspecified atom stereocenters. The van der Waals surface area contributed by atoms with E-state index in [-0.39, 0.29) is 6.10 Å². The Bertz CT molecular complexity index is 254. The van der Waals surface area contributed by atoms with Crippen molar-refractivity contribution in [3.05, 3.63) is 17.7 Å². The Hall–Kier alpha value is -0.830. The molecule has 1 N–H and O–H groups in total. The van der Waals surface area contributed by atoms with Crippen molar-refractivity contribution in [1.29, 1.82) is 0 Å². The molecule has 1 aromatic rings. The van der Waals surface area contributed by atoms with Gasteiger partial charge in [0, 0.05) is 18.3 Å². The highest BCUT2D eigenvalue weighted by molar-refractivity contribution is 5.10. The van der Waals surface area contributed by atoms with Gasteiger partial charge in [0.15, 0.2) is 0 Å². The molecule has 2 rings (SSSR count). The number of aryl methyl sites for hydroxylation is 1. The van der Waals surface area contributed by atoms with Crippen molar-refractivity contribution in [1.82, 2.24) is 9.55 Å². The molecule has 2 heterocycles. The van der Waals surface area contributed by atoms with Crippen LogP contribution in [0, 0.1) is 6.92 Å². The number of rotatable bonds is 0. The lowest BCUT2D eigenvalue weighted by molar-refractivity contribution is 0.175. The summed E-state index contributed by atoms with van der Waals surface area (Å²) in [6.45, 7) is 2.68. The van der Waals surface area contributed by atoms with E-state index in [1.54, 1.807) is 0 Å². The first kappa shape index (κ1) is 5.92. The summed E-state index contributed by atoms with van der Waals surface area (Å²) in [5.41, 5.74) is 1.16. The maximum absolute atomic E-state index is 9.22. The SMILES string of the molecule is Cc1ncc2n1CC(O)C2. The second-order valence-electron chi connectivity index (χ2n) is 2.77. The van der Waals surface area contributed by atoms with Crippen LogP contribution in [0.4, 0.5) is 0 Å². The molecular weight excluding hydrogens is 128 g/mol. The Kier molecular flexibility index (Phi) is 1.08. The summed E-state index contributed by atoms with van der Waals surface area (Å²) in [4.78, 5) is 4.12. The number of hydrogen-bond acceptors (Lipinski definition) is 2. The number of aliphatic hydroxyl groups is 1. The summed E-state index contributed by atoms with van der Waals surface area (Å²) >= 11 is 0. The van der Waals surface area contributed by atoms with E-state index in [1.165, 1.54) is 0 Å². The van der Waals surface area contributed by atoms with Crippen LogP contribution in [0.15, 0.2) is 6.20 Å². The molecule has 0 radical (unpaired) electrons. The zero-order valence-corrected chi connectivity index (χ0v) is 5.91. The van der Waals surface area contributed by atoms with Gasteiger partial charge in [-0.25, -0.2) is 4.98 Å². The highest BCUT2D eigenvalue weighted by Crippen LogP contribution is 2.15. The van der Waals surface area contributed by atoms with Crippen molar-refractivity contribution in [3.63, 3.8) is 0 Å². The fourth-order valence-electron chi connectivity index (χ4n) is 1.44. The molecule has 0 amide bonds. The molecule has 3 nitrogen and oxygen atoms in total. The van der Waals surface area contributed by atoms with Crippen LogP contribution in [0.1, 0.15) is 11.5 Å². The van der Waals surface area contributed by atoms with Crippen molar-refractivity contribution in [2.45, 2.75) is 26.0 Å². The lowest BCUT2D eigenvalue weighted by Crippen LogP contribution is -2.08. The Labute approximate surface area is 59.3 Å². The smallest absolute Gasteiger partial charge is 0.105 e. The van der Waals surface area contributed by atoms with E-state index in [4.69, 9.17) is 0 Å². The lowest BCUT2D eigenvalue weighted by atomic mass is 10.3. The van der Waals surface area contributed by atoms with Gasteiger partial charge in [-0.05, 0) is 6.92 Å². The summed E-state index contributed by atoms with van der Waals surface area (Å²) in [5.74, 6) is 1.01. The average Bonchev–Trinajstić information content (AvgIpc) is 2.35. The van der Waals surface area contributed by atoms with Gasteiger partial charge in [0.05, 0.1) is 12.6 Å². The van der Waals surface area contributed by atoms with Crippen molar-refractivity contribution >= 4 is 0 Å². The van der Waals surface area contributed by atoms with Crippen LogP contribution in [-0.2, 0) is 13.0 Å². The van der Waals surface area contributed by atoms with Gasteiger partial charge in [-0.1, -0.05) is 0 Å². The van der Waals surface area contributed by atoms with E-state index < -0.39 is 0 Å². The zero-order chi connectivity index (χ0) is 7.14. The van der Waals surface area contributed by atoms with Gasteiger partial charge >= 0.3 is 0 Å². The molecular formula is C7H10N2O. The van der Waals surface area contributed by atoms with E-state index in [2.05, 4.69) is 9.55 Å². The first-order valence-electron chi connectivity index (χ1n) is 3.46. The summed E-state index contributed by atoms with van der Waals surface area (Å²) < 4.78 is 2.06. The van der Waals surface area contributed by atoms with Gasteiger partial charge in [0.25, 0.3) is 0 Å². The molecule has 1 atom stereocenters. The fourth-order valence-corrected chi connectivity index (χ4v) is 1.44. The summed E-state index contributed by atoms with van der Waals surface area (Å²) in [5, 5.41) is 9.22. The van der Waals surface area contributed by atoms with Crippen LogP contribution in [0.25, 0.3) is 0 Å². The molecule has 0 fully saturated rings. The van der Waals surface area contributed by atoms with Gasteiger partial charge < -0.3 is 9.67 Å². The number of nitrogens with zero attached hydrogens (tertiary/aromatic N) is 2. The van der Waals surface area contributed by atoms with E-state index in [0.29, 0.717) is 0 Å². The van der Waals surface area contributed by atoms with E-state index in [1.807, 2.05) is 13.1 Å². The van der Waals surface area contributed by atoms with Crippen LogP contribution >= 0.6 is 0 Å². The summed E-state index contributed by atoms with van der Waals surface area (Å²) in [7, 11) is 0. The molecule has 0 spiro atoms. The predicted octanol–water partition coefficient (Wildman–Crippen LogP) is 0.109. The lowest BCUT2D eigenvalue weighted by Gasteiger charge is -1.99. The summed E-state index contributed by atoms with van der Waals surface area (Å²) in [6, 6.07) is 0. The van der Waals surface area contributed by atoms with Gasteiger partial charge in [-0.15, -0.1) is 0 Å². The molecule has 10 heavy (non-hydrogen) atoms. The molecule has 1 aromatic heterocycles. The van der Waals surface area contributed by atoms with Crippen LogP contribution in [0.5, 0.6) is 0 Å². The quantitative estimate of drug-likeness (QED) is 0.552. The Morgan fingerprint density at radius 2 is 2.60 bits per heavy atom. The van der Waals surface area contributed by atoms with Crippen molar-refractivity contribution in [3.8, 4) is 0 Å². The second-order valence-corrected chi connectivity index (χ2v) is 2.77. The number of aliphatic hydroxyl groups excluding tert-OH is 1. The van der Waals surface area contributed by atoms with Gasteiger partial charge in [0.2, 0.25) is 0 Å². The molecule has 1 aliphatic rings. The number of imidazole rings is 1. The Morgan fingerprint density at radius 3 is 3.30 bits per heavy atom. The third-order valence-electron chi connectivity index (χ3n) is 1.98. The molecule has 1 aliphatic heterocycles. The molecule has 54 valence electrons. The molecule has 0 saturated heterocycles. The maximum Gasteiger partial charge on any atom is 0.105 e. The molecule has 3 heteroatoms. The number of aromatic nitrogens is 2. The topological polar surface area (TPSA) is 38.0 Å². The third kappa shape index (κ3) is 0.671. The standard InChI is InChI=1S/C7H10N2O/c1-5-8-3-6-2-7(10)4-9(5)6/h3,7,10H,2,4H2,1H3. The Morgan fingerprint density at radius 1 is 1.80 bits per heavy atom. The van der Waals surface area contributed by atoms with Crippen LogP contribution < -0.4 is 0 Å². The van der Waals surface area contributed by atoms with E-state index in [0.717, 1.165) is 24.5 Å². The first-order chi connectivity index (χ1) is 4.77. The van der Waals surface area contributed by atoms with E-state index >= 15 is 0 Å². The largest absolute Gasteiger partial charge is 0.391 e. The predicted molar refractivity (Wildman–Crippen MR) is 36.7 cm³/mol. The second kappa shape index (κ2) is 1.83. The van der Waals surface area contributed by atoms with Crippen LogP contribution in [-0.4, -0.2) is 20.8 Å². The van der Waals surface area contributed by atoms with Gasteiger partial charge in [0.1, 0.15) is 5.82 Å². The molecule has 0 aliphatic carbocycles. The minimum atomic E-state index is -0.184. The average molecular weight is 138 g/mol. The minimum Gasteiger partial charge on any atom is -0.391 e. The normalized spacial score (nSPS) is 23.2. The summed E-state index contributed by atoms with van der Waals surface area (Å²) in [6.07, 6.45) is 2.42. The third-order valence-corrected chi connectivity index (χ3v) is 1.98. The van der Waals surface area contributed by atoms with E-state index in [9.17, 15) is 5.11 Å². The Balaban J connectivity index is 2.44. The van der Waals surface area contributed by atoms with Crippen LogP contribution in [0.2, 0.25) is 0 Å². The zero-order valence-electron chi connectivity index (χ0n) is 5.91.